The van der Waals surface area contributed by atoms with Gasteiger partial charge in [-0.3, -0.25) is 0 Å². The highest BCUT2D eigenvalue weighted by Gasteiger charge is 1.83. The molecule has 0 aromatic carbocycles. The van der Waals surface area contributed by atoms with E-state index < -0.39 is 5.97 Å². The molecule has 9 heavy (non-hydrogen) atoms. The molecule has 0 rings (SSSR count). The summed E-state index contributed by atoms with van der Waals surface area (Å²) in [5.74, 6) is -0.974. The lowest BCUT2D eigenvalue weighted by Gasteiger charge is -1.82. The van der Waals surface area contributed by atoms with Crippen LogP contribution < -0.4 is 0 Å². The molecule has 0 aromatic rings. The highest BCUT2D eigenvalue weighted by atomic mass is 16.4. The van der Waals surface area contributed by atoms with Crippen molar-refractivity contribution in [3.8, 4) is 0 Å². The Morgan fingerprint density at radius 2 is 2.00 bits per heavy atom. The average Bonchev–Trinajstić information content (AvgIpc) is 1.83. The van der Waals surface area contributed by atoms with Crippen molar-refractivity contribution in [3.63, 3.8) is 0 Å². The molecule has 48 valence electrons. The summed E-state index contributed by atoms with van der Waals surface area (Å²) in [6.45, 7) is 6.87. The number of hydrogen-bond acceptors (Lipinski definition) is 1. The molecule has 0 amide bonds. The molecule has 0 saturated carbocycles. The van der Waals surface area contributed by atoms with Gasteiger partial charge >= 0.3 is 5.97 Å². The summed E-state index contributed by atoms with van der Waals surface area (Å²) < 4.78 is 0. The van der Waals surface area contributed by atoms with Crippen molar-refractivity contribution in [1.29, 1.82) is 0 Å². The summed E-state index contributed by atoms with van der Waals surface area (Å²) in [5, 5.41) is 8.10. The van der Waals surface area contributed by atoms with E-state index in [-0.39, 0.29) is 0 Å². The molecule has 2 nitrogen and oxygen atoms in total. The molecule has 2 heteroatoms. The third-order valence-electron chi connectivity index (χ3n) is 0.702. The quantitative estimate of drug-likeness (QED) is 0.455. The van der Waals surface area contributed by atoms with Crippen molar-refractivity contribution in [3.05, 3.63) is 37.0 Å². The molecule has 0 atom stereocenters. The average molecular weight is 124 g/mol. The summed E-state index contributed by atoms with van der Waals surface area (Å²) in [7, 11) is 0. The van der Waals surface area contributed by atoms with E-state index in [4.69, 9.17) is 5.11 Å². The van der Waals surface area contributed by atoms with Gasteiger partial charge in [0.1, 0.15) is 0 Å². The van der Waals surface area contributed by atoms with Gasteiger partial charge in [-0.15, -0.1) is 0 Å². The maximum absolute atomic E-state index is 9.86. The van der Waals surface area contributed by atoms with Crippen LogP contribution in [0.25, 0.3) is 0 Å². The second-order valence-electron chi connectivity index (χ2n) is 1.45. The van der Waals surface area contributed by atoms with Crippen molar-refractivity contribution in [2.75, 3.05) is 0 Å². The van der Waals surface area contributed by atoms with E-state index in [0.29, 0.717) is 5.57 Å². The van der Waals surface area contributed by atoms with Crippen LogP contribution in [0.2, 0.25) is 0 Å². The van der Waals surface area contributed by atoms with Gasteiger partial charge in [-0.2, -0.15) is 0 Å². The van der Waals surface area contributed by atoms with Crippen molar-refractivity contribution in [2.45, 2.75) is 0 Å². The molecule has 0 spiro atoms. The smallest absolute Gasteiger partial charge is 0.328 e. The van der Waals surface area contributed by atoms with Gasteiger partial charge in [-0.1, -0.05) is 19.2 Å². The molecular formula is C7H8O2. The summed E-state index contributed by atoms with van der Waals surface area (Å²) >= 11 is 0. The lowest BCUT2D eigenvalue weighted by molar-refractivity contribution is -0.131. The molecule has 0 radical (unpaired) electrons. The van der Waals surface area contributed by atoms with E-state index in [0.717, 1.165) is 6.08 Å². The van der Waals surface area contributed by atoms with Crippen LogP contribution in [0.1, 0.15) is 0 Å². The van der Waals surface area contributed by atoms with Gasteiger partial charge < -0.3 is 5.11 Å². The summed E-state index contributed by atoms with van der Waals surface area (Å²) in [4.78, 5) is 9.86. The molecule has 0 aliphatic heterocycles. The maximum Gasteiger partial charge on any atom is 0.328 e. The fourth-order valence-electron chi connectivity index (χ4n) is 0.246. The van der Waals surface area contributed by atoms with E-state index in [1.165, 1.54) is 12.2 Å². The number of carboxylic acid groups (broad SMARTS) is 1. The normalized spacial score (nSPS) is 9.33. The second kappa shape index (κ2) is 3.66. The van der Waals surface area contributed by atoms with Crippen LogP contribution in [0.3, 0.4) is 0 Å². The molecular weight excluding hydrogens is 116 g/mol. The standard InChI is InChI=1S/C7H8O2/c1-3-6(2)4-5-7(8)9/h3-5H,1-2H2,(H,8,9). The fraction of sp³-hybridized carbons (Fsp3) is 0. The second-order valence-corrected chi connectivity index (χ2v) is 1.45. The Balaban J connectivity index is 3.85. The largest absolute Gasteiger partial charge is 0.478 e. The van der Waals surface area contributed by atoms with E-state index in [1.54, 1.807) is 0 Å². The Morgan fingerprint density at radius 3 is 2.33 bits per heavy atom. The lowest BCUT2D eigenvalue weighted by Crippen LogP contribution is -1.85. The number of allylic oxidation sites excluding steroid dienone is 3. The summed E-state index contributed by atoms with van der Waals surface area (Å²) in [6, 6.07) is 0. The Morgan fingerprint density at radius 1 is 1.44 bits per heavy atom. The topological polar surface area (TPSA) is 37.3 Å². The first-order valence-corrected chi connectivity index (χ1v) is 2.39. The minimum absolute atomic E-state index is 0.595. The van der Waals surface area contributed by atoms with Crippen LogP contribution in [-0.4, -0.2) is 11.1 Å². The minimum atomic E-state index is -0.974. The molecule has 0 aliphatic rings. The van der Waals surface area contributed by atoms with Crippen LogP contribution in [0.15, 0.2) is 37.0 Å². The molecule has 0 heterocycles. The number of carboxylic acids is 1. The summed E-state index contributed by atoms with van der Waals surface area (Å²) in [6.07, 6.45) is 3.89. The van der Waals surface area contributed by atoms with Gasteiger partial charge in [-0.05, 0) is 11.6 Å². The van der Waals surface area contributed by atoms with Crippen LogP contribution in [0, 0.1) is 0 Å². The van der Waals surface area contributed by atoms with Gasteiger partial charge in [0.15, 0.2) is 0 Å². The Bertz CT molecular complexity index is 166. The minimum Gasteiger partial charge on any atom is -0.478 e. The number of hydrogen-bond donors (Lipinski definition) is 1. The predicted molar refractivity (Wildman–Crippen MR) is 36.1 cm³/mol. The molecule has 0 saturated heterocycles. The maximum atomic E-state index is 9.86. The Kier molecular flexibility index (Phi) is 3.13. The van der Waals surface area contributed by atoms with Gasteiger partial charge in [0.25, 0.3) is 0 Å². The van der Waals surface area contributed by atoms with Crippen molar-refractivity contribution < 1.29 is 9.90 Å². The van der Waals surface area contributed by atoms with Gasteiger partial charge in [0.05, 0.1) is 0 Å². The molecule has 0 fully saturated rings. The molecule has 0 aliphatic carbocycles. The fourth-order valence-corrected chi connectivity index (χ4v) is 0.246. The molecule has 0 unspecified atom stereocenters. The Labute approximate surface area is 53.8 Å². The molecule has 1 N–H and O–H groups in total. The first-order chi connectivity index (χ1) is 4.16. The van der Waals surface area contributed by atoms with E-state index in [9.17, 15) is 4.79 Å². The number of carbonyl (C=O) groups is 1. The highest BCUT2D eigenvalue weighted by molar-refractivity contribution is 5.80. The van der Waals surface area contributed by atoms with Crippen molar-refractivity contribution in [2.24, 2.45) is 0 Å². The zero-order valence-corrected chi connectivity index (χ0v) is 5.00. The third kappa shape index (κ3) is 4.55. The van der Waals surface area contributed by atoms with Crippen LogP contribution >= 0.6 is 0 Å². The van der Waals surface area contributed by atoms with Crippen molar-refractivity contribution >= 4 is 5.97 Å². The number of aliphatic carboxylic acids is 1. The highest BCUT2D eigenvalue weighted by Crippen LogP contribution is 1.91. The zero-order chi connectivity index (χ0) is 7.28. The zero-order valence-electron chi connectivity index (χ0n) is 5.00. The SMILES string of the molecule is C=CC(=C)C=CC(=O)O. The van der Waals surface area contributed by atoms with Crippen LogP contribution in [0.4, 0.5) is 0 Å². The predicted octanol–water partition coefficient (Wildman–Crippen LogP) is 1.37. The Hall–Kier alpha value is -1.31. The van der Waals surface area contributed by atoms with E-state index in [2.05, 4.69) is 13.2 Å². The van der Waals surface area contributed by atoms with E-state index >= 15 is 0 Å². The third-order valence-corrected chi connectivity index (χ3v) is 0.702. The van der Waals surface area contributed by atoms with Crippen LogP contribution in [0.5, 0.6) is 0 Å². The van der Waals surface area contributed by atoms with E-state index in [1.807, 2.05) is 0 Å². The first-order valence-electron chi connectivity index (χ1n) is 2.39. The first kappa shape index (κ1) is 7.69. The molecule has 0 aromatic heterocycles. The van der Waals surface area contributed by atoms with Gasteiger partial charge in [0, 0.05) is 6.08 Å². The number of rotatable bonds is 3. The van der Waals surface area contributed by atoms with Gasteiger partial charge in [-0.25, -0.2) is 4.79 Å². The van der Waals surface area contributed by atoms with Crippen LogP contribution in [-0.2, 0) is 4.79 Å². The van der Waals surface area contributed by atoms with Crippen molar-refractivity contribution in [1.82, 2.24) is 0 Å². The summed E-state index contributed by atoms with van der Waals surface area (Å²) in [5.41, 5.74) is 0.595. The van der Waals surface area contributed by atoms with Gasteiger partial charge in [0.2, 0.25) is 0 Å². The monoisotopic (exact) mass is 124 g/mol. The lowest BCUT2D eigenvalue weighted by atomic mass is 10.3. The molecule has 0 bridgehead atoms.